The predicted molar refractivity (Wildman–Crippen MR) is 119 cm³/mol. The first-order chi connectivity index (χ1) is 14.1. The fourth-order valence-electron chi connectivity index (χ4n) is 3.37. The number of nitrogens with one attached hydrogen (secondary N) is 1. The molecule has 2 aromatic carbocycles. The van der Waals surface area contributed by atoms with Gasteiger partial charge in [-0.25, -0.2) is 4.98 Å². The van der Waals surface area contributed by atoms with Crippen LogP contribution >= 0.6 is 11.6 Å². The fraction of sp³-hybridized carbons (Fsp3) is 0.217. The van der Waals surface area contributed by atoms with E-state index in [0.29, 0.717) is 5.02 Å². The van der Waals surface area contributed by atoms with Crippen molar-refractivity contribution in [3.05, 3.63) is 70.8 Å². The van der Waals surface area contributed by atoms with Gasteiger partial charge in [0, 0.05) is 35.3 Å². The van der Waals surface area contributed by atoms with E-state index in [4.69, 9.17) is 21.3 Å². The number of benzene rings is 2. The number of carbonyl (C=O) groups is 1. The van der Waals surface area contributed by atoms with E-state index in [1.165, 1.54) is 6.08 Å². The topological polar surface area (TPSA) is 54.5 Å². The minimum Gasteiger partial charge on any atom is -0.378 e. The van der Waals surface area contributed by atoms with Crippen molar-refractivity contribution < 1.29 is 9.53 Å². The third-order valence-electron chi connectivity index (χ3n) is 4.88. The molecule has 1 aliphatic heterocycles. The SMILES string of the molecule is Cc1cc(N2CCOCC2)nc2ccc(NC(=O)/C=C/c3cccc(Cl)c3)cc12. The largest absolute Gasteiger partial charge is 0.378 e. The number of aryl methyl sites for hydroxylation is 1. The Morgan fingerprint density at radius 2 is 2.00 bits per heavy atom. The summed E-state index contributed by atoms with van der Waals surface area (Å²) in [6.07, 6.45) is 3.24. The number of morpholine rings is 1. The second-order valence-corrected chi connectivity index (χ2v) is 7.44. The van der Waals surface area contributed by atoms with Gasteiger partial charge < -0.3 is 15.0 Å². The van der Waals surface area contributed by atoms with Gasteiger partial charge in [0.1, 0.15) is 5.82 Å². The summed E-state index contributed by atoms with van der Waals surface area (Å²) in [5.74, 6) is 0.777. The van der Waals surface area contributed by atoms with E-state index in [0.717, 1.165) is 59.8 Å². The average molecular weight is 408 g/mol. The molecular formula is C23H22ClN3O2. The van der Waals surface area contributed by atoms with Gasteiger partial charge in [0.2, 0.25) is 5.91 Å². The molecule has 6 heteroatoms. The zero-order chi connectivity index (χ0) is 20.2. The van der Waals surface area contributed by atoms with Gasteiger partial charge in [0.05, 0.1) is 18.7 Å². The number of rotatable bonds is 4. The first-order valence-electron chi connectivity index (χ1n) is 9.57. The first kappa shape index (κ1) is 19.4. The summed E-state index contributed by atoms with van der Waals surface area (Å²) in [6.45, 7) is 5.23. The summed E-state index contributed by atoms with van der Waals surface area (Å²) in [7, 11) is 0. The number of ether oxygens (including phenoxy) is 1. The molecule has 1 aromatic heterocycles. The molecular weight excluding hydrogens is 386 g/mol. The van der Waals surface area contributed by atoms with Crippen molar-refractivity contribution in [3.8, 4) is 0 Å². The van der Waals surface area contributed by atoms with Gasteiger partial charge in [-0.2, -0.15) is 0 Å². The number of hydrogen-bond donors (Lipinski definition) is 1. The highest BCUT2D eigenvalue weighted by atomic mass is 35.5. The molecule has 0 radical (unpaired) electrons. The van der Waals surface area contributed by atoms with Crippen molar-refractivity contribution in [2.45, 2.75) is 6.92 Å². The maximum absolute atomic E-state index is 12.3. The average Bonchev–Trinajstić information content (AvgIpc) is 2.73. The Morgan fingerprint density at radius 1 is 1.17 bits per heavy atom. The van der Waals surface area contributed by atoms with E-state index < -0.39 is 0 Å². The van der Waals surface area contributed by atoms with Crippen LogP contribution in [0.5, 0.6) is 0 Å². The Labute approximate surface area is 175 Å². The van der Waals surface area contributed by atoms with E-state index in [-0.39, 0.29) is 5.91 Å². The number of anilines is 2. The van der Waals surface area contributed by atoms with Gasteiger partial charge in [-0.3, -0.25) is 4.79 Å². The third kappa shape index (κ3) is 4.75. The van der Waals surface area contributed by atoms with Gasteiger partial charge in [0.25, 0.3) is 0 Å². The van der Waals surface area contributed by atoms with Crippen LogP contribution in [-0.4, -0.2) is 37.2 Å². The summed E-state index contributed by atoms with van der Waals surface area (Å²) in [4.78, 5) is 19.3. The number of fused-ring (bicyclic) bond motifs is 1. The molecule has 29 heavy (non-hydrogen) atoms. The van der Waals surface area contributed by atoms with Crippen molar-refractivity contribution >= 4 is 46.0 Å². The van der Waals surface area contributed by atoms with Crippen molar-refractivity contribution in [2.24, 2.45) is 0 Å². The monoisotopic (exact) mass is 407 g/mol. The summed E-state index contributed by atoms with van der Waals surface area (Å²) in [5, 5.41) is 4.58. The lowest BCUT2D eigenvalue weighted by Crippen LogP contribution is -2.36. The van der Waals surface area contributed by atoms with E-state index in [1.54, 1.807) is 12.1 Å². The minimum absolute atomic E-state index is 0.195. The lowest BCUT2D eigenvalue weighted by Gasteiger charge is -2.28. The van der Waals surface area contributed by atoms with Gasteiger partial charge in [-0.05, 0) is 60.5 Å². The molecule has 1 fully saturated rings. The molecule has 0 unspecified atom stereocenters. The van der Waals surface area contributed by atoms with Crippen molar-refractivity contribution in [3.63, 3.8) is 0 Å². The molecule has 4 rings (SSSR count). The number of pyridine rings is 1. The quantitative estimate of drug-likeness (QED) is 0.638. The van der Waals surface area contributed by atoms with Crippen molar-refractivity contribution in [1.29, 1.82) is 0 Å². The van der Waals surface area contributed by atoms with Crippen LogP contribution < -0.4 is 10.2 Å². The Kier molecular flexibility index (Phi) is 5.79. The Hall–Kier alpha value is -2.89. The van der Waals surface area contributed by atoms with Crippen LogP contribution in [0, 0.1) is 6.92 Å². The van der Waals surface area contributed by atoms with E-state index in [1.807, 2.05) is 36.4 Å². The summed E-state index contributed by atoms with van der Waals surface area (Å²) in [6, 6.07) is 15.2. The highest BCUT2D eigenvalue weighted by molar-refractivity contribution is 6.30. The molecule has 0 saturated carbocycles. The van der Waals surface area contributed by atoms with Crippen molar-refractivity contribution in [2.75, 3.05) is 36.5 Å². The Balaban J connectivity index is 1.51. The molecule has 2 heterocycles. The smallest absolute Gasteiger partial charge is 0.248 e. The van der Waals surface area contributed by atoms with Crippen molar-refractivity contribution in [1.82, 2.24) is 4.98 Å². The van der Waals surface area contributed by atoms with Gasteiger partial charge in [-0.15, -0.1) is 0 Å². The van der Waals surface area contributed by atoms with Crippen LogP contribution in [0.3, 0.4) is 0 Å². The van der Waals surface area contributed by atoms with Crippen LogP contribution in [0.2, 0.25) is 5.02 Å². The lowest BCUT2D eigenvalue weighted by molar-refractivity contribution is -0.111. The number of halogens is 1. The van der Waals surface area contributed by atoms with Crippen LogP contribution in [0.4, 0.5) is 11.5 Å². The second-order valence-electron chi connectivity index (χ2n) is 7.01. The number of carbonyl (C=O) groups excluding carboxylic acids is 1. The van der Waals surface area contributed by atoms with E-state index in [9.17, 15) is 4.79 Å². The first-order valence-corrected chi connectivity index (χ1v) is 9.95. The third-order valence-corrected chi connectivity index (χ3v) is 5.12. The molecule has 0 bridgehead atoms. The van der Waals surface area contributed by atoms with Gasteiger partial charge >= 0.3 is 0 Å². The number of aromatic nitrogens is 1. The Bertz CT molecular complexity index is 1070. The summed E-state index contributed by atoms with van der Waals surface area (Å²) < 4.78 is 5.42. The van der Waals surface area contributed by atoms with Gasteiger partial charge in [-0.1, -0.05) is 23.7 Å². The maximum atomic E-state index is 12.3. The standard InChI is InChI=1S/C23H22ClN3O2/c1-16-13-22(27-9-11-29-12-10-27)26-21-7-6-19(15-20(16)21)25-23(28)8-5-17-3-2-4-18(24)14-17/h2-8,13-15H,9-12H2,1H3,(H,25,28)/b8-5+. The number of amides is 1. The Morgan fingerprint density at radius 3 is 2.79 bits per heavy atom. The lowest BCUT2D eigenvalue weighted by atomic mass is 10.1. The molecule has 1 aliphatic rings. The second kappa shape index (κ2) is 8.64. The maximum Gasteiger partial charge on any atom is 0.248 e. The van der Waals surface area contributed by atoms with Crippen LogP contribution in [0.1, 0.15) is 11.1 Å². The predicted octanol–water partition coefficient (Wildman–Crippen LogP) is 4.69. The van der Waals surface area contributed by atoms with E-state index >= 15 is 0 Å². The minimum atomic E-state index is -0.195. The molecule has 148 valence electrons. The fourth-order valence-corrected chi connectivity index (χ4v) is 3.57. The van der Waals surface area contributed by atoms with Crippen LogP contribution in [0.25, 0.3) is 17.0 Å². The zero-order valence-electron chi connectivity index (χ0n) is 16.2. The van der Waals surface area contributed by atoms with Crippen LogP contribution in [-0.2, 0) is 9.53 Å². The van der Waals surface area contributed by atoms with Gasteiger partial charge in [0.15, 0.2) is 0 Å². The molecule has 1 N–H and O–H groups in total. The molecule has 0 atom stereocenters. The highest BCUT2D eigenvalue weighted by Crippen LogP contribution is 2.26. The molecule has 1 saturated heterocycles. The highest BCUT2D eigenvalue weighted by Gasteiger charge is 2.14. The number of nitrogens with zero attached hydrogens (tertiary/aromatic N) is 2. The summed E-state index contributed by atoms with van der Waals surface area (Å²) >= 11 is 5.97. The summed E-state index contributed by atoms with van der Waals surface area (Å²) in [5.41, 5.74) is 3.66. The van der Waals surface area contributed by atoms with Crippen LogP contribution in [0.15, 0.2) is 54.6 Å². The molecule has 0 aliphatic carbocycles. The molecule has 0 spiro atoms. The molecule has 5 nitrogen and oxygen atoms in total. The molecule has 1 amide bonds. The number of hydrogen-bond acceptors (Lipinski definition) is 4. The molecule has 3 aromatic rings. The van der Waals surface area contributed by atoms with E-state index in [2.05, 4.69) is 23.2 Å². The zero-order valence-corrected chi connectivity index (χ0v) is 16.9. The normalized spacial score (nSPS) is 14.5.